The molecule has 0 saturated heterocycles. The van der Waals surface area contributed by atoms with Gasteiger partial charge in [0.05, 0.1) is 15.2 Å². The lowest BCUT2D eigenvalue weighted by molar-refractivity contribution is 0.523. The lowest BCUT2D eigenvalue weighted by Crippen LogP contribution is -2.30. The van der Waals surface area contributed by atoms with Crippen LogP contribution < -0.4 is 5.73 Å². The van der Waals surface area contributed by atoms with Gasteiger partial charge in [-0.2, -0.15) is 0 Å². The van der Waals surface area contributed by atoms with Crippen LogP contribution >= 0.6 is 11.6 Å². The molecule has 1 aromatic carbocycles. The first-order chi connectivity index (χ1) is 8.46. The molecule has 0 radical (unpaired) electrons. The summed E-state index contributed by atoms with van der Waals surface area (Å²) in [5.74, 6) is -0.628. The van der Waals surface area contributed by atoms with Gasteiger partial charge in [0.2, 0.25) is 0 Å². The van der Waals surface area contributed by atoms with Gasteiger partial charge >= 0.3 is 0 Å². The van der Waals surface area contributed by atoms with Gasteiger partial charge in [-0.15, -0.1) is 0 Å². The fourth-order valence-electron chi connectivity index (χ4n) is 2.51. The summed E-state index contributed by atoms with van der Waals surface area (Å²) in [6, 6.07) is 3.53. The van der Waals surface area contributed by atoms with Crippen molar-refractivity contribution in [1.29, 1.82) is 0 Å². The zero-order valence-corrected chi connectivity index (χ0v) is 11.3. The highest BCUT2D eigenvalue weighted by Crippen LogP contribution is 2.34. The summed E-state index contributed by atoms with van der Waals surface area (Å²) >= 11 is 5.63. The Morgan fingerprint density at radius 2 is 2.11 bits per heavy atom. The molecule has 18 heavy (non-hydrogen) atoms. The largest absolute Gasteiger partial charge is 0.330 e. The van der Waals surface area contributed by atoms with E-state index in [0.717, 1.165) is 18.9 Å². The van der Waals surface area contributed by atoms with E-state index >= 15 is 0 Å². The predicted molar refractivity (Wildman–Crippen MR) is 68.8 cm³/mol. The summed E-state index contributed by atoms with van der Waals surface area (Å²) in [6.45, 7) is 0.360. The Bertz CT molecular complexity index is 547. The lowest BCUT2D eigenvalue weighted by atomic mass is 10.1. The Labute approximate surface area is 111 Å². The molecule has 0 bridgehead atoms. The monoisotopic (exact) mass is 291 g/mol. The lowest BCUT2D eigenvalue weighted by Gasteiger charge is -2.18. The molecule has 2 N–H and O–H groups in total. The normalized spacial score (nSPS) is 24.4. The predicted octanol–water partition coefficient (Wildman–Crippen LogP) is 2.38. The maximum Gasteiger partial charge on any atom is 0.181 e. The Hall–Kier alpha value is -0.650. The summed E-state index contributed by atoms with van der Waals surface area (Å²) in [7, 11) is -3.47. The zero-order chi connectivity index (χ0) is 13.3. The summed E-state index contributed by atoms with van der Waals surface area (Å²) < 4.78 is 37.9. The third kappa shape index (κ3) is 2.39. The minimum atomic E-state index is -3.47. The SMILES string of the molecule is NCC1CCCC1S(=O)(=O)c1ccc(F)c(Cl)c1. The fraction of sp³-hybridized carbons (Fsp3) is 0.500. The average Bonchev–Trinajstić information content (AvgIpc) is 2.81. The van der Waals surface area contributed by atoms with Crippen LogP contribution in [0.2, 0.25) is 5.02 Å². The molecule has 2 unspecified atom stereocenters. The number of benzene rings is 1. The van der Waals surface area contributed by atoms with Crippen LogP contribution in [-0.2, 0) is 9.84 Å². The minimum Gasteiger partial charge on any atom is -0.330 e. The van der Waals surface area contributed by atoms with E-state index in [-0.39, 0.29) is 15.8 Å². The molecule has 100 valence electrons. The van der Waals surface area contributed by atoms with E-state index in [1.165, 1.54) is 12.1 Å². The van der Waals surface area contributed by atoms with Crippen molar-refractivity contribution in [1.82, 2.24) is 0 Å². The summed E-state index contributed by atoms with van der Waals surface area (Å²) in [5.41, 5.74) is 5.60. The third-order valence-electron chi connectivity index (χ3n) is 3.51. The molecule has 1 aliphatic rings. The third-order valence-corrected chi connectivity index (χ3v) is 6.13. The molecule has 0 amide bonds. The molecule has 1 fully saturated rings. The van der Waals surface area contributed by atoms with Crippen LogP contribution in [0.25, 0.3) is 0 Å². The van der Waals surface area contributed by atoms with E-state index in [2.05, 4.69) is 0 Å². The van der Waals surface area contributed by atoms with Gasteiger partial charge in [-0.05, 0) is 43.5 Å². The molecule has 1 saturated carbocycles. The second-order valence-corrected chi connectivity index (χ2v) is 7.16. The summed E-state index contributed by atoms with van der Waals surface area (Å²) in [4.78, 5) is 0.0826. The molecule has 0 aliphatic heterocycles. The number of sulfone groups is 1. The van der Waals surface area contributed by atoms with Crippen molar-refractivity contribution in [3.8, 4) is 0 Å². The smallest absolute Gasteiger partial charge is 0.181 e. The van der Waals surface area contributed by atoms with E-state index in [1.54, 1.807) is 0 Å². The van der Waals surface area contributed by atoms with Crippen molar-refractivity contribution in [3.05, 3.63) is 29.0 Å². The highest BCUT2D eigenvalue weighted by Gasteiger charge is 2.37. The van der Waals surface area contributed by atoms with Crippen LogP contribution in [0.15, 0.2) is 23.1 Å². The maximum absolute atomic E-state index is 13.1. The van der Waals surface area contributed by atoms with Gasteiger partial charge in [-0.3, -0.25) is 0 Å². The number of rotatable bonds is 3. The average molecular weight is 292 g/mol. The number of nitrogens with two attached hydrogens (primary N) is 1. The van der Waals surface area contributed by atoms with Gasteiger partial charge < -0.3 is 5.73 Å². The topological polar surface area (TPSA) is 60.2 Å². The van der Waals surface area contributed by atoms with Crippen LogP contribution in [0.5, 0.6) is 0 Å². The molecular weight excluding hydrogens is 277 g/mol. The van der Waals surface area contributed by atoms with E-state index in [1.807, 2.05) is 0 Å². The van der Waals surface area contributed by atoms with E-state index < -0.39 is 20.9 Å². The van der Waals surface area contributed by atoms with Crippen LogP contribution in [0.1, 0.15) is 19.3 Å². The molecule has 2 rings (SSSR count). The maximum atomic E-state index is 13.1. The van der Waals surface area contributed by atoms with E-state index in [9.17, 15) is 12.8 Å². The number of hydrogen-bond donors (Lipinski definition) is 1. The molecule has 6 heteroatoms. The first kappa shape index (κ1) is 13.8. The second-order valence-electron chi connectivity index (χ2n) is 4.59. The Morgan fingerprint density at radius 1 is 1.39 bits per heavy atom. The summed E-state index contributed by atoms with van der Waals surface area (Å²) in [6.07, 6.45) is 2.30. The quantitative estimate of drug-likeness (QED) is 0.870. The zero-order valence-electron chi connectivity index (χ0n) is 9.77. The molecule has 0 spiro atoms. The van der Waals surface area contributed by atoms with E-state index in [0.29, 0.717) is 13.0 Å². The van der Waals surface area contributed by atoms with Gasteiger partial charge in [0.25, 0.3) is 0 Å². The van der Waals surface area contributed by atoms with E-state index in [4.69, 9.17) is 17.3 Å². The number of halogens is 2. The first-order valence-electron chi connectivity index (χ1n) is 5.86. The molecule has 2 atom stereocenters. The van der Waals surface area contributed by atoms with Crippen LogP contribution in [0.4, 0.5) is 4.39 Å². The molecule has 0 heterocycles. The van der Waals surface area contributed by atoms with Gasteiger partial charge in [0.15, 0.2) is 9.84 Å². The van der Waals surface area contributed by atoms with Crippen molar-refractivity contribution in [3.63, 3.8) is 0 Å². The van der Waals surface area contributed by atoms with Gasteiger partial charge in [-0.1, -0.05) is 18.0 Å². The van der Waals surface area contributed by atoms with Crippen LogP contribution in [0.3, 0.4) is 0 Å². The minimum absolute atomic E-state index is 0.0150. The van der Waals surface area contributed by atoms with Crippen molar-refractivity contribution in [2.45, 2.75) is 29.4 Å². The van der Waals surface area contributed by atoms with Crippen LogP contribution in [-0.4, -0.2) is 20.2 Å². The standard InChI is InChI=1S/C12H15ClFNO2S/c13-10-6-9(4-5-11(10)14)18(16,17)12-3-1-2-8(12)7-15/h4-6,8,12H,1-3,7,15H2. The molecule has 1 aliphatic carbocycles. The molecular formula is C12H15ClFNO2S. The Morgan fingerprint density at radius 3 is 2.72 bits per heavy atom. The van der Waals surface area contributed by atoms with Gasteiger partial charge in [-0.25, -0.2) is 12.8 Å². The van der Waals surface area contributed by atoms with Crippen molar-refractivity contribution >= 4 is 21.4 Å². The first-order valence-corrected chi connectivity index (χ1v) is 7.78. The fourth-order valence-corrected chi connectivity index (χ4v) is 4.88. The molecule has 1 aromatic rings. The van der Waals surface area contributed by atoms with Crippen molar-refractivity contribution in [2.75, 3.05) is 6.54 Å². The van der Waals surface area contributed by atoms with Gasteiger partial charge in [0, 0.05) is 0 Å². The molecule has 3 nitrogen and oxygen atoms in total. The Balaban J connectivity index is 2.38. The van der Waals surface area contributed by atoms with Crippen molar-refractivity contribution < 1.29 is 12.8 Å². The molecule has 0 aromatic heterocycles. The van der Waals surface area contributed by atoms with Gasteiger partial charge in [0.1, 0.15) is 5.82 Å². The highest BCUT2D eigenvalue weighted by molar-refractivity contribution is 7.92. The summed E-state index contributed by atoms with van der Waals surface area (Å²) in [5, 5.41) is -0.637. The van der Waals surface area contributed by atoms with Crippen LogP contribution in [0, 0.1) is 11.7 Å². The Kier molecular flexibility index (Phi) is 3.94. The van der Waals surface area contributed by atoms with Crippen molar-refractivity contribution in [2.24, 2.45) is 11.7 Å². The second kappa shape index (κ2) is 5.15. The highest BCUT2D eigenvalue weighted by atomic mass is 35.5. The number of hydrogen-bond acceptors (Lipinski definition) is 3.